The molecule has 0 aliphatic carbocycles. The number of aliphatic imine (C=N–C) groups is 1. The lowest BCUT2D eigenvalue weighted by Gasteiger charge is -2.37. The average molecular weight is 466 g/mol. The van der Waals surface area contributed by atoms with Crippen LogP contribution in [0.2, 0.25) is 5.02 Å². The van der Waals surface area contributed by atoms with Crippen molar-refractivity contribution in [3.05, 3.63) is 34.9 Å². The molecule has 7 heteroatoms. The molecule has 1 saturated heterocycles. The van der Waals surface area contributed by atoms with E-state index in [1.54, 1.807) is 0 Å². The number of benzene rings is 1. The van der Waals surface area contributed by atoms with Crippen LogP contribution in [0.1, 0.15) is 12.5 Å². The molecule has 2 rings (SSSR count). The molecule has 136 valence electrons. The van der Waals surface area contributed by atoms with Crippen molar-refractivity contribution in [2.24, 2.45) is 4.99 Å². The van der Waals surface area contributed by atoms with Crippen LogP contribution >= 0.6 is 35.6 Å². The van der Waals surface area contributed by atoms with Crippen LogP contribution in [-0.2, 0) is 6.54 Å². The van der Waals surface area contributed by atoms with E-state index >= 15 is 0 Å². The second kappa shape index (κ2) is 11.1. The van der Waals surface area contributed by atoms with E-state index in [1.807, 2.05) is 24.3 Å². The van der Waals surface area contributed by atoms with Gasteiger partial charge < -0.3 is 15.5 Å². The summed E-state index contributed by atoms with van der Waals surface area (Å²) in [6, 6.07) is 8.34. The number of hydrogen-bond donors (Lipinski definition) is 2. The third kappa shape index (κ3) is 7.13. The van der Waals surface area contributed by atoms with E-state index in [9.17, 15) is 0 Å². The molecule has 1 aliphatic rings. The van der Waals surface area contributed by atoms with Gasteiger partial charge in [-0.3, -0.25) is 4.90 Å². The normalized spacial score (nSPS) is 19.7. The Balaban J connectivity index is 0.00000288. The average Bonchev–Trinajstić information content (AvgIpc) is 2.54. The zero-order valence-corrected chi connectivity index (χ0v) is 17.8. The third-order valence-corrected chi connectivity index (χ3v) is 4.41. The molecule has 0 amide bonds. The van der Waals surface area contributed by atoms with Crippen molar-refractivity contribution in [2.45, 2.75) is 19.5 Å². The molecule has 0 spiro atoms. The molecular formula is C17H29ClIN5. The Morgan fingerprint density at radius 2 is 1.92 bits per heavy atom. The molecule has 1 fully saturated rings. The van der Waals surface area contributed by atoms with Gasteiger partial charge in [0, 0.05) is 43.8 Å². The van der Waals surface area contributed by atoms with Gasteiger partial charge in [-0.1, -0.05) is 23.7 Å². The van der Waals surface area contributed by atoms with Gasteiger partial charge in [0.15, 0.2) is 5.96 Å². The fraction of sp³-hybridized carbons (Fsp3) is 0.588. The summed E-state index contributed by atoms with van der Waals surface area (Å²) in [5.74, 6) is 0.865. The van der Waals surface area contributed by atoms with Crippen molar-refractivity contribution in [3.8, 4) is 0 Å². The molecule has 1 aromatic carbocycles. The first-order valence-electron chi connectivity index (χ1n) is 8.24. The number of likely N-dealkylation sites (N-methyl/N-ethyl adjacent to an activating group) is 2. The maximum absolute atomic E-state index is 5.92. The molecule has 0 bridgehead atoms. The molecule has 1 aromatic rings. The molecule has 1 aliphatic heterocycles. The van der Waals surface area contributed by atoms with E-state index in [-0.39, 0.29) is 24.0 Å². The van der Waals surface area contributed by atoms with Crippen LogP contribution in [0.3, 0.4) is 0 Å². The summed E-state index contributed by atoms with van der Waals surface area (Å²) >= 11 is 5.92. The highest BCUT2D eigenvalue weighted by atomic mass is 127. The number of halogens is 2. The maximum atomic E-state index is 5.92. The van der Waals surface area contributed by atoms with Gasteiger partial charge in [0.25, 0.3) is 0 Å². The topological polar surface area (TPSA) is 42.9 Å². The first-order valence-corrected chi connectivity index (χ1v) is 8.61. The molecule has 0 saturated carbocycles. The number of rotatable bonds is 5. The Hall–Kier alpha value is -0.570. The summed E-state index contributed by atoms with van der Waals surface area (Å²) in [6.07, 6.45) is 0. The Morgan fingerprint density at radius 3 is 2.58 bits per heavy atom. The highest BCUT2D eigenvalue weighted by Crippen LogP contribution is 2.10. The van der Waals surface area contributed by atoms with Gasteiger partial charge in [0.2, 0.25) is 0 Å². The van der Waals surface area contributed by atoms with E-state index in [1.165, 1.54) is 0 Å². The summed E-state index contributed by atoms with van der Waals surface area (Å²) in [5, 5.41) is 7.53. The van der Waals surface area contributed by atoms with E-state index in [0.29, 0.717) is 12.6 Å². The molecule has 1 atom stereocenters. The zero-order chi connectivity index (χ0) is 16.7. The fourth-order valence-corrected chi connectivity index (χ4v) is 2.76. The van der Waals surface area contributed by atoms with Crippen LogP contribution in [0, 0.1) is 0 Å². The Labute approximate surface area is 167 Å². The summed E-state index contributed by atoms with van der Waals surface area (Å²) in [6.45, 7) is 7.81. The van der Waals surface area contributed by atoms with Gasteiger partial charge >= 0.3 is 0 Å². The van der Waals surface area contributed by atoms with Gasteiger partial charge in [-0.15, -0.1) is 24.0 Å². The number of guanidine groups is 1. The molecular weight excluding hydrogens is 437 g/mol. The Morgan fingerprint density at radius 1 is 1.21 bits per heavy atom. The number of nitrogens with zero attached hydrogens (tertiary/aromatic N) is 3. The zero-order valence-electron chi connectivity index (χ0n) is 14.8. The standard InChI is InChI=1S/C17H28ClN5.HI/c1-4-19-17(20-11-14-5-7-15(18)8-6-14)21-12-16-13-22(2)9-10-23(16)3;/h5-8,16H,4,9-13H2,1-3H3,(H2,19,20,21);1H. The molecule has 0 radical (unpaired) electrons. The summed E-state index contributed by atoms with van der Waals surface area (Å²) in [4.78, 5) is 9.45. The van der Waals surface area contributed by atoms with Gasteiger partial charge in [-0.25, -0.2) is 4.99 Å². The van der Waals surface area contributed by atoms with Crippen LogP contribution in [0.4, 0.5) is 0 Å². The quantitative estimate of drug-likeness (QED) is 0.398. The second-order valence-electron chi connectivity index (χ2n) is 6.10. The van der Waals surface area contributed by atoms with Crippen LogP contribution in [-0.4, -0.2) is 68.6 Å². The summed E-state index contributed by atoms with van der Waals surface area (Å²) in [5.41, 5.74) is 1.15. The van der Waals surface area contributed by atoms with Crippen LogP contribution in [0.5, 0.6) is 0 Å². The monoisotopic (exact) mass is 465 g/mol. The number of hydrogen-bond acceptors (Lipinski definition) is 3. The molecule has 1 heterocycles. The molecule has 5 nitrogen and oxygen atoms in total. The van der Waals surface area contributed by atoms with Gasteiger partial charge in [0.1, 0.15) is 0 Å². The molecule has 2 N–H and O–H groups in total. The van der Waals surface area contributed by atoms with E-state index < -0.39 is 0 Å². The van der Waals surface area contributed by atoms with Gasteiger partial charge in [-0.2, -0.15) is 0 Å². The molecule has 0 aromatic heterocycles. The lowest BCUT2D eigenvalue weighted by molar-refractivity contribution is 0.116. The Bertz CT molecular complexity index is 508. The first kappa shape index (κ1) is 21.5. The highest BCUT2D eigenvalue weighted by molar-refractivity contribution is 14.0. The van der Waals surface area contributed by atoms with Crippen molar-refractivity contribution in [1.82, 2.24) is 20.4 Å². The lowest BCUT2D eigenvalue weighted by atomic mass is 10.2. The SMILES string of the molecule is CCNC(=NCc1ccc(Cl)cc1)NCC1CN(C)CCN1C.I. The number of nitrogens with one attached hydrogen (secondary N) is 2. The Kier molecular flexibility index (Phi) is 9.95. The summed E-state index contributed by atoms with van der Waals surface area (Å²) in [7, 11) is 4.37. The van der Waals surface area contributed by atoms with E-state index in [0.717, 1.165) is 49.3 Å². The van der Waals surface area contributed by atoms with Crippen molar-refractivity contribution >= 4 is 41.5 Å². The minimum Gasteiger partial charge on any atom is -0.357 e. The predicted molar refractivity (Wildman–Crippen MR) is 114 cm³/mol. The first-order chi connectivity index (χ1) is 11.1. The largest absolute Gasteiger partial charge is 0.357 e. The minimum atomic E-state index is 0. The van der Waals surface area contributed by atoms with Crippen molar-refractivity contribution in [1.29, 1.82) is 0 Å². The van der Waals surface area contributed by atoms with Crippen LogP contribution in [0.25, 0.3) is 0 Å². The predicted octanol–water partition coefficient (Wildman–Crippen LogP) is 2.26. The van der Waals surface area contributed by atoms with Gasteiger partial charge in [0.05, 0.1) is 6.54 Å². The fourth-order valence-electron chi connectivity index (χ4n) is 2.64. The van der Waals surface area contributed by atoms with Crippen LogP contribution in [0.15, 0.2) is 29.3 Å². The molecule has 24 heavy (non-hydrogen) atoms. The highest BCUT2D eigenvalue weighted by Gasteiger charge is 2.21. The van der Waals surface area contributed by atoms with E-state index in [2.05, 4.69) is 46.4 Å². The minimum absolute atomic E-state index is 0. The molecule has 1 unspecified atom stereocenters. The van der Waals surface area contributed by atoms with Gasteiger partial charge in [-0.05, 0) is 38.7 Å². The summed E-state index contributed by atoms with van der Waals surface area (Å²) < 4.78 is 0. The smallest absolute Gasteiger partial charge is 0.191 e. The second-order valence-corrected chi connectivity index (χ2v) is 6.54. The van der Waals surface area contributed by atoms with E-state index in [4.69, 9.17) is 11.6 Å². The van der Waals surface area contributed by atoms with Crippen molar-refractivity contribution < 1.29 is 0 Å². The number of piperazine rings is 1. The third-order valence-electron chi connectivity index (χ3n) is 4.16. The lowest BCUT2D eigenvalue weighted by Crippen LogP contribution is -2.55. The van der Waals surface area contributed by atoms with Crippen molar-refractivity contribution in [2.75, 3.05) is 46.8 Å². The maximum Gasteiger partial charge on any atom is 0.191 e. The van der Waals surface area contributed by atoms with Crippen molar-refractivity contribution in [3.63, 3.8) is 0 Å². The van der Waals surface area contributed by atoms with Crippen LogP contribution < -0.4 is 10.6 Å².